The van der Waals surface area contributed by atoms with Crippen LogP contribution in [0.5, 0.6) is 0 Å². The summed E-state index contributed by atoms with van der Waals surface area (Å²) in [6.07, 6.45) is 0. The summed E-state index contributed by atoms with van der Waals surface area (Å²) in [5.74, 6) is 0. The summed E-state index contributed by atoms with van der Waals surface area (Å²) in [4.78, 5) is 15.3. The lowest BCUT2D eigenvalue weighted by Gasteiger charge is -2.11. The minimum absolute atomic E-state index is 0.0773. The molecule has 0 spiro atoms. The van der Waals surface area contributed by atoms with Gasteiger partial charge in [0.15, 0.2) is 0 Å². The first kappa shape index (κ1) is 16.0. The van der Waals surface area contributed by atoms with Crippen molar-refractivity contribution in [2.24, 2.45) is 0 Å². The van der Waals surface area contributed by atoms with Crippen LogP contribution in [0.3, 0.4) is 0 Å². The van der Waals surface area contributed by atoms with Gasteiger partial charge in [0.2, 0.25) is 0 Å². The number of rotatable bonds is 3. The average Bonchev–Trinajstić information content (AvgIpc) is 2.68. The fourth-order valence-electron chi connectivity index (χ4n) is 3.10. The van der Waals surface area contributed by atoms with Crippen molar-refractivity contribution in [1.29, 1.82) is 0 Å². The molecular weight excluding hydrogens is 324 g/mol. The highest BCUT2D eigenvalue weighted by molar-refractivity contribution is 5.97. The SMILES string of the molecule is Cc1ccc2nc(-c3ccc([N+](=O)[O-])cc3)cc(-c3ccccc3)c2c1. The van der Waals surface area contributed by atoms with E-state index in [-0.39, 0.29) is 5.69 Å². The second kappa shape index (κ2) is 6.41. The highest BCUT2D eigenvalue weighted by Crippen LogP contribution is 2.33. The molecule has 26 heavy (non-hydrogen) atoms. The lowest BCUT2D eigenvalue weighted by molar-refractivity contribution is -0.384. The van der Waals surface area contributed by atoms with Gasteiger partial charge in [0.05, 0.1) is 16.1 Å². The molecule has 3 aromatic carbocycles. The first-order valence-electron chi connectivity index (χ1n) is 8.33. The number of nitro groups is 1. The number of nitro benzene ring substituents is 1. The summed E-state index contributed by atoms with van der Waals surface area (Å²) in [5.41, 5.74) is 6.05. The maximum absolute atomic E-state index is 10.9. The van der Waals surface area contributed by atoms with Gasteiger partial charge in [-0.15, -0.1) is 0 Å². The van der Waals surface area contributed by atoms with Gasteiger partial charge in [-0.3, -0.25) is 10.1 Å². The molecule has 0 unspecified atom stereocenters. The number of non-ortho nitro benzene ring substituents is 1. The highest BCUT2D eigenvalue weighted by atomic mass is 16.6. The smallest absolute Gasteiger partial charge is 0.258 e. The monoisotopic (exact) mass is 340 g/mol. The normalized spacial score (nSPS) is 10.8. The first-order valence-corrected chi connectivity index (χ1v) is 8.33. The number of pyridine rings is 1. The van der Waals surface area contributed by atoms with Crippen LogP contribution < -0.4 is 0 Å². The molecule has 126 valence electrons. The van der Waals surface area contributed by atoms with Crippen LogP contribution in [0.25, 0.3) is 33.3 Å². The molecule has 0 radical (unpaired) electrons. The Morgan fingerprint density at radius 2 is 1.58 bits per heavy atom. The van der Waals surface area contributed by atoms with Gasteiger partial charge in [0, 0.05) is 23.1 Å². The number of aryl methyl sites for hydroxylation is 1. The van der Waals surface area contributed by atoms with Gasteiger partial charge >= 0.3 is 0 Å². The molecule has 0 aliphatic carbocycles. The van der Waals surface area contributed by atoms with Crippen LogP contribution in [0.15, 0.2) is 78.9 Å². The summed E-state index contributed by atoms with van der Waals surface area (Å²) in [6.45, 7) is 2.07. The molecule has 0 aliphatic rings. The largest absolute Gasteiger partial charge is 0.269 e. The van der Waals surface area contributed by atoms with E-state index < -0.39 is 4.92 Å². The summed E-state index contributed by atoms with van der Waals surface area (Å²) in [7, 11) is 0. The van der Waals surface area contributed by atoms with Gasteiger partial charge in [-0.25, -0.2) is 4.98 Å². The number of aromatic nitrogens is 1. The van der Waals surface area contributed by atoms with Crippen LogP contribution in [-0.4, -0.2) is 9.91 Å². The van der Waals surface area contributed by atoms with Crippen LogP contribution in [-0.2, 0) is 0 Å². The third-order valence-electron chi connectivity index (χ3n) is 4.42. The standard InChI is InChI=1S/C22H16N2O2/c1-15-7-12-21-20(13-15)19(16-5-3-2-4-6-16)14-22(23-21)17-8-10-18(11-9-17)24(25)26/h2-14H,1H3. The van der Waals surface area contributed by atoms with Crippen LogP contribution in [0.1, 0.15) is 5.56 Å². The van der Waals surface area contributed by atoms with E-state index in [0.29, 0.717) is 0 Å². The van der Waals surface area contributed by atoms with Crippen molar-refractivity contribution in [3.05, 3.63) is 94.5 Å². The van der Waals surface area contributed by atoms with E-state index in [9.17, 15) is 10.1 Å². The molecule has 0 saturated heterocycles. The van der Waals surface area contributed by atoms with E-state index in [4.69, 9.17) is 4.98 Å². The predicted molar refractivity (Wildman–Crippen MR) is 104 cm³/mol. The lowest BCUT2D eigenvalue weighted by Crippen LogP contribution is -1.91. The minimum Gasteiger partial charge on any atom is -0.258 e. The zero-order valence-electron chi connectivity index (χ0n) is 14.2. The average molecular weight is 340 g/mol. The van der Waals surface area contributed by atoms with E-state index in [1.54, 1.807) is 12.1 Å². The second-order valence-electron chi connectivity index (χ2n) is 6.25. The molecule has 1 heterocycles. The molecule has 4 rings (SSSR count). The van der Waals surface area contributed by atoms with Crippen molar-refractivity contribution in [3.8, 4) is 22.4 Å². The predicted octanol–water partition coefficient (Wildman–Crippen LogP) is 5.79. The molecule has 4 nitrogen and oxygen atoms in total. The zero-order chi connectivity index (χ0) is 18.1. The number of nitrogens with zero attached hydrogens (tertiary/aromatic N) is 2. The van der Waals surface area contributed by atoms with Crippen molar-refractivity contribution in [2.45, 2.75) is 6.92 Å². The van der Waals surface area contributed by atoms with Crippen molar-refractivity contribution in [3.63, 3.8) is 0 Å². The molecule has 0 atom stereocenters. The van der Waals surface area contributed by atoms with Crippen molar-refractivity contribution >= 4 is 16.6 Å². The number of fused-ring (bicyclic) bond motifs is 1. The Balaban J connectivity index is 1.94. The van der Waals surface area contributed by atoms with Crippen LogP contribution >= 0.6 is 0 Å². The van der Waals surface area contributed by atoms with Gasteiger partial charge in [-0.1, -0.05) is 42.0 Å². The van der Waals surface area contributed by atoms with E-state index >= 15 is 0 Å². The van der Waals surface area contributed by atoms with E-state index in [1.165, 1.54) is 17.7 Å². The first-order chi connectivity index (χ1) is 12.6. The van der Waals surface area contributed by atoms with E-state index in [0.717, 1.165) is 33.3 Å². The molecule has 0 amide bonds. The Kier molecular flexibility index (Phi) is 3.93. The summed E-state index contributed by atoms with van der Waals surface area (Å²) < 4.78 is 0. The van der Waals surface area contributed by atoms with Gasteiger partial charge in [0.25, 0.3) is 5.69 Å². The van der Waals surface area contributed by atoms with Crippen molar-refractivity contribution in [2.75, 3.05) is 0 Å². The Hall–Kier alpha value is -3.53. The Labute approximate surface area is 150 Å². The Morgan fingerprint density at radius 3 is 2.27 bits per heavy atom. The van der Waals surface area contributed by atoms with Crippen molar-refractivity contribution in [1.82, 2.24) is 4.98 Å². The third-order valence-corrected chi connectivity index (χ3v) is 4.42. The maximum Gasteiger partial charge on any atom is 0.269 e. The van der Waals surface area contributed by atoms with E-state index in [2.05, 4.69) is 31.2 Å². The molecule has 0 saturated carbocycles. The third kappa shape index (κ3) is 2.93. The van der Waals surface area contributed by atoms with Gasteiger partial charge in [-0.05, 0) is 48.4 Å². The molecular formula is C22H16N2O2. The van der Waals surface area contributed by atoms with Gasteiger partial charge < -0.3 is 0 Å². The van der Waals surface area contributed by atoms with Crippen LogP contribution in [0, 0.1) is 17.0 Å². The van der Waals surface area contributed by atoms with Crippen LogP contribution in [0.4, 0.5) is 5.69 Å². The Morgan fingerprint density at radius 1 is 0.846 bits per heavy atom. The quantitative estimate of drug-likeness (QED) is 0.350. The van der Waals surface area contributed by atoms with E-state index in [1.807, 2.05) is 30.3 Å². The fourth-order valence-corrected chi connectivity index (χ4v) is 3.10. The number of hydrogen-bond donors (Lipinski definition) is 0. The van der Waals surface area contributed by atoms with Gasteiger partial charge in [-0.2, -0.15) is 0 Å². The molecule has 1 aromatic heterocycles. The minimum atomic E-state index is -0.393. The number of benzene rings is 3. The number of hydrogen-bond acceptors (Lipinski definition) is 3. The molecule has 4 heteroatoms. The van der Waals surface area contributed by atoms with Crippen LogP contribution in [0.2, 0.25) is 0 Å². The molecule has 4 aromatic rings. The molecule has 0 fully saturated rings. The second-order valence-corrected chi connectivity index (χ2v) is 6.25. The maximum atomic E-state index is 10.9. The zero-order valence-corrected chi connectivity index (χ0v) is 14.2. The Bertz CT molecular complexity index is 1100. The lowest BCUT2D eigenvalue weighted by atomic mass is 9.97. The molecule has 0 N–H and O–H groups in total. The highest BCUT2D eigenvalue weighted by Gasteiger charge is 2.11. The summed E-state index contributed by atoms with van der Waals surface area (Å²) in [6, 6.07) is 25.0. The molecule has 0 aliphatic heterocycles. The topological polar surface area (TPSA) is 56.0 Å². The molecule has 0 bridgehead atoms. The fraction of sp³-hybridized carbons (Fsp3) is 0.0455. The van der Waals surface area contributed by atoms with Crippen molar-refractivity contribution < 1.29 is 4.92 Å². The summed E-state index contributed by atoms with van der Waals surface area (Å²) >= 11 is 0. The van der Waals surface area contributed by atoms with Gasteiger partial charge in [0.1, 0.15) is 0 Å². The summed E-state index contributed by atoms with van der Waals surface area (Å²) in [5, 5.41) is 12.0.